The number of nitrogens with zero attached hydrogens (tertiary/aromatic N) is 1. The molecule has 0 spiro atoms. The van der Waals surface area contributed by atoms with Gasteiger partial charge in [0.25, 0.3) is 0 Å². The van der Waals surface area contributed by atoms with Gasteiger partial charge in [-0.1, -0.05) is 32.6 Å². The first-order valence-electron chi connectivity index (χ1n) is 6.45. The van der Waals surface area contributed by atoms with Gasteiger partial charge in [-0.25, -0.2) is 8.42 Å². The zero-order valence-electron chi connectivity index (χ0n) is 10.6. The van der Waals surface area contributed by atoms with E-state index in [-0.39, 0.29) is 5.25 Å². The fourth-order valence-electron chi connectivity index (χ4n) is 2.29. The Bertz CT molecular complexity index is 287. The Hall–Kier alpha value is -0.0900. The van der Waals surface area contributed by atoms with Crippen molar-refractivity contribution in [2.45, 2.75) is 50.7 Å². The molecule has 96 valence electrons. The molecule has 0 aromatic rings. The smallest absolute Gasteiger partial charge is 0.151 e. The van der Waals surface area contributed by atoms with Crippen molar-refractivity contribution in [1.82, 2.24) is 4.90 Å². The molecule has 3 nitrogen and oxygen atoms in total. The van der Waals surface area contributed by atoms with Crippen molar-refractivity contribution < 1.29 is 8.42 Å². The van der Waals surface area contributed by atoms with Crippen molar-refractivity contribution in [3.63, 3.8) is 0 Å². The van der Waals surface area contributed by atoms with E-state index in [1.165, 1.54) is 38.4 Å². The third kappa shape index (κ3) is 4.83. The van der Waals surface area contributed by atoms with Gasteiger partial charge in [-0.2, -0.15) is 0 Å². The summed E-state index contributed by atoms with van der Waals surface area (Å²) in [6.07, 6.45) is 8.62. The topological polar surface area (TPSA) is 37.4 Å². The molecule has 0 radical (unpaired) electrons. The standard InChI is InChI=1S/C12H25NO2S/c1-3-4-5-6-7-9-13-10-8-12(11-13)16(2,14)15/h12H,3-11H2,1-2H3. The predicted octanol–water partition coefficient (Wildman–Crippen LogP) is 2.08. The van der Waals surface area contributed by atoms with Gasteiger partial charge < -0.3 is 4.90 Å². The van der Waals surface area contributed by atoms with Gasteiger partial charge in [0.2, 0.25) is 0 Å². The molecule has 0 bridgehead atoms. The second-order valence-electron chi connectivity index (χ2n) is 4.96. The molecule has 16 heavy (non-hydrogen) atoms. The molecule has 1 heterocycles. The maximum absolute atomic E-state index is 11.4. The largest absolute Gasteiger partial charge is 0.302 e. The van der Waals surface area contributed by atoms with Gasteiger partial charge in [0.15, 0.2) is 9.84 Å². The van der Waals surface area contributed by atoms with Gasteiger partial charge >= 0.3 is 0 Å². The molecular weight excluding hydrogens is 222 g/mol. The van der Waals surface area contributed by atoms with E-state index in [0.29, 0.717) is 0 Å². The molecule has 0 saturated carbocycles. The summed E-state index contributed by atoms with van der Waals surface area (Å²) in [6.45, 7) is 5.02. The minimum atomic E-state index is -2.82. The Labute approximate surface area is 100 Å². The Balaban J connectivity index is 2.12. The van der Waals surface area contributed by atoms with Gasteiger partial charge in [0.1, 0.15) is 0 Å². The lowest BCUT2D eigenvalue weighted by molar-refractivity contribution is 0.328. The molecular formula is C12H25NO2S. The molecule has 0 amide bonds. The minimum absolute atomic E-state index is 0.108. The first-order valence-corrected chi connectivity index (χ1v) is 8.40. The quantitative estimate of drug-likeness (QED) is 0.646. The van der Waals surface area contributed by atoms with Crippen molar-refractivity contribution in [1.29, 1.82) is 0 Å². The van der Waals surface area contributed by atoms with E-state index in [2.05, 4.69) is 11.8 Å². The lowest BCUT2D eigenvalue weighted by Gasteiger charge is -2.15. The van der Waals surface area contributed by atoms with E-state index in [0.717, 1.165) is 26.1 Å². The van der Waals surface area contributed by atoms with Crippen molar-refractivity contribution in [3.05, 3.63) is 0 Å². The molecule has 4 heteroatoms. The average molecular weight is 247 g/mol. The molecule has 1 aliphatic rings. The summed E-state index contributed by atoms with van der Waals surface area (Å²) in [6, 6.07) is 0. The summed E-state index contributed by atoms with van der Waals surface area (Å²) >= 11 is 0. The van der Waals surface area contributed by atoms with Crippen molar-refractivity contribution in [2.75, 3.05) is 25.9 Å². The van der Waals surface area contributed by atoms with Crippen molar-refractivity contribution in [2.24, 2.45) is 0 Å². The van der Waals surface area contributed by atoms with Gasteiger partial charge in [-0.3, -0.25) is 0 Å². The second kappa shape index (κ2) is 6.60. The summed E-state index contributed by atoms with van der Waals surface area (Å²) in [5.41, 5.74) is 0. The first kappa shape index (κ1) is 14.0. The zero-order valence-corrected chi connectivity index (χ0v) is 11.4. The van der Waals surface area contributed by atoms with Gasteiger partial charge in [-0.15, -0.1) is 0 Å². The Morgan fingerprint density at radius 1 is 1.19 bits per heavy atom. The van der Waals surface area contributed by atoms with E-state index in [4.69, 9.17) is 0 Å². The van der Waals surface area contributed by atoms with E-state index >= 15 is 0 Å². The van der Waals surface area contributed by atoms with Crippen LogP contribution in [0.4, 0.5) is 0 Å². The van der Waals surface area contributed by atoms with Gasteiger partial charge in [0, 0.05) is 12.8 Å². The highest BCUT2D eigenvalue weighted by atomic mass is 32.2. The fraction of sp³-hybridized carbons (Fsp3) is 1.00. The number of unbranched alkanes of at least 4 members (excludes halogenated alkanes) is 4. The molecule has 1 rings (SSSR count). The number of rotatable bonds is 7. The van der Waals surface area contributed by atoms with E-state index in [1.54, 1.807) is 0 Å². The highest BCUT2D eigenvalue weighted by Gasteiger charge is 2.29. The van der Waals surface area contributed by atoms with Crippen LogP contribution in [0.3, 0.4) is 0 Å². The first-order chi connectivity index (χ1) is 7.54. The Kier molecular flexibility index (Phi) is 5.76. The van der Waals surface area contributed by atoms with E-state index in [9.17, 15) is 8.42 Å². The minimum Gasteiger partial charge on any atom is -0.302 e. The summed E-state index contributed by atoms with van der Waals surface area (Å²) in [5.74, 6) is 0. The molecule has 1 aliphatic heterocycles. The predicted molar refractivity (Wildman–Crippen MR) is 68.4 cm³/mol. The Morgan fingerprint density at radius 2 is 1.88 bits per heavy atom. The summed E-state index contributed by atoms with van der Waals surface area (Å²) in [4.78, 5) is 2.30. The lowest BCUT2D eigenvalue weighted by Crippen LogP contribution is -2.27. The van der Waals surface area contributed by atoms with Crippen LogP contribution in [0.15, 0.2) is 0 Å². The number of likely N-dealkylation sites (tertiary alicyclic amines) is 1. The molecule has 1 fully saturated rings. The highest BCUT2D eigenvalue weighted by molar-refractivity contribution is 7.91. The van der Waals surface area contributed by atoms with Crippen LogP contribution in [-0.4, -0.2) is 44.5 Å². The molecule has 1 atom stereocenters. The number of hydrogen-bond acceptors (Lipinski definition) is 3. The van der Waals surface area contributed by atoms with E-state index < -0.39 is 9.84 Å². The molecule has 0 aromatic carbocycles. The summed E-state index contributed by atoms with van der Waals surface area (Å²) in [5, 5.41) is -0.108. The third-order valence-corrected chi connectivity index (χ3v) is 5.01. The monoisotopic (exact) mass is 247 g/mol. The van der Waals surface area contributed by atoms with Crippen molar-refractivity contribution in [3.8, 4) is 0 Å². The molecule has 0 N–H and O–H groups in total. The molecule has 0 aromatic heterocycles. The highest BCUT2D eigenvalue weighted by Crippen LogP contribution is 2.16. The lowest BCUT2D eigenvalue weighted by atomic mass is 10.1. The third-order valence-electron chi connectivity index (χ3n) is 3.41. The summed E-state index contributed by atoms with van der Waals surface area (Å²) < 4.78 is 22.7. The fourth-order valence-corrected chi connectivity index (χ4v) is 3.30. The normalized spacial score (nSPS) is 22.8. The zero-order chi connectivity index (χ0) is 12.0. The van der Waals surface area contributed by atoms with Crippen LogP contribution >= 0.6 is 0 Å². The van der Waals surface area contributed by atoms with Crippen molar-refractivity contribution >= 4 is 9.84 Å². The van der Waals surface area contributed by atoms with Crippen LogP contribution in [0, 0.1) is 0 Å². The van der Waals surface area contributed by atoms with E-state index in [1.807, 2.05) is 0 Å². The number of sulfone groups is 1. The van der Waals surface area contributed by atoms with Gasteiger partial charge in [0.05, 0.1) is 5.25 Å². The van der Waals surface area contributed by atoms with Crippen LogP contribution in [0.1, 0.15) is 45.4 Å². The second-order valence-corrected chi connectivity index (χ2v) is 7.28. The molecule has 0 aliphatic carbocycles. The summed E-state index contributed by atoms with van der Waals surface area (Å²) in [7, 11) is -2.82. The van der Waals surface area contributed by atoms with Gasteiger partial charge in [-0.05, 0) is 25.9 Å². The maximum atomic E-state index is 11.4. The maximum Gasteiger partial charge on any atom is 0.151 e. The van der Waals surface area contributed by atoms with Crippen LogP contribution in [-0.2, 0) is 9.84 Å². The van der Waals surface area contributed by atoms with Crippen LogP contribution in [0.25, 0.3) is 0 Å². The van der Waals surface area contributed by atoms with Crippen LogP contribution in [0.5, 0.6) is 0 Å². The SMILES string of the molecule is CCCCCCCN1CCC(S(C)(=O)=O)C1. The molecule has 1 saturated heterocycles. The van der Waals surface area contributed by atoms with Crippen LogP contribution in [0.2, 0.25) is 0 Å². The average Bonchev–Trinajstić information content (AvgIpc) is 2.65. The van der Waals surface area contributed by atoms with Crippen LogP contribution < -0.4 is 0 Å². The Morgan fingerprint density at radius 3 is 2.44 bits per heavy atom. The number of hydrogen-bond donors (Lipinski definition) is 0. The molecule has 1 unspecified atom stereocenters.